The Kier molecular flexibility index (Phi) is 3.45. The Morgan fingerprint density at radius 3 is 1.69 bits per heavy atom. The zero-order valence-electron chi connectivity index (χ0n) is 5.71. The molecule has 0 saturated carbocycles. The summed E-state index contributed by atoms with van der Waals surface area (Å²) in [6, 6.07) is 0. The SMILES string of the molecule is OC(F)(F)C(F)(Cl)OCC(F)(F)F. The molecule has 0 aromatic rings. The molecule has 0 amide bonds. The van der Waals surface area contributed by atoms with Crippen LogP contribution < -0.4 is 0 Å². The number of ether oxygens (including phenoxy) is 1. The Balaban J connectivity index is 4.21. The first-order valence-electron chi connectivity index (χ1n) is 2.64. The van der Waals surface area contributed by atoms with Crippen molar-refractivity contribution in [3.63, 3.8) is 0 Å². The number of rotatable bonds is 3. The van der Waals surface area contributed by atoms with Crippen LogP contribution >= 0.6 is 11.6 Å². The van der Waals surface area contributed by atoms with Gasteiger partial charge < -0.3 is 9.84 Å². The molecule has 0 rings (SSSR count). The van der Waals surface area contributed by atoms with E-state index in [4.69, 9.17) is 5.11 Å². The van der Waals surface area contributed by atoms with Crippen LogP contribution in [0.15, 0.2) is 0 Å². The summed E-state index contributed by atoms with van der Waals surface area (Å²) in [5.74, 6) is 0. The van der Waals surface area contributed by atoms with Gasteiger partial charge >= 0.3 is 17.6 Å². The summed E-state index contributed by atoms with van der Waals surface area (Å²) in [5.41, 5.74) is 0. The molecule has 0 aliphatic heterocycles. The average Bonchev–Trinajstić information content (AvgIpc) is 1.79. The number of alkyl halides is 7. The summed E-state index contributed by atoms with van der Waals surface area (Å²) in [5, 5.41) is 3.03. The molecule has 0 heterocycles. The average molecular weight is 233 g/mol. The van der Waals surface area contributed by atoms with Crippen LogP contribution in [0.25, 0.3) is 0 Å². The van der Waals surface area contributed by atoms with Crippen LogP contribution in [-0.4, -0.2) is 29.3 Å². The molecule has 80 valence electrons. The smallest absolute Gasteiger partial charge is 0.331 e. The minimum atomic E-state index is -5.21. The third-order valence-electron chi connectivity index (χ3n) is 0.767. The van der Waals surface area contributed by atoms with Gasteiger partial charge in [0.1, 0.15) is 6.61 Å². The van der Waals surface area contributed by atoms with Crippen molar-refractivity contribution in [3.8, 4) is 0 Å². The molecule has 0 aliphatic rings. The van der Waals surface area contributed by atoms with Gasteiger partial charge in [-0.15, -0.1) is 0 Å². The van der Waals surface area contributed by atoms with E-state index in [1.807, 2.05) is 0 Å². The molecule has 0 spiro atoms. The van der Waals surface area contributed by atoms with Crippen LogP contribution in [0.2, 0.25) is 0 Å². The lowest BCUT2D eigenvalue weighted by atomic mass is 10.6. The second-order valence-electron chi connectivity index (χ2n) is 1.96. The Morgan fingerprint density at radius 1 is 1.08 bits per heavy atom. The molecule has 9 heteroatoms. The van der Waals surface area contributed by atoms with Gasteiger partial charge in [0.2, 0.25) is 0 Å². The van der Waals surface area contributed by atoms with Crippen molar-refractivity contribution in [2.24, 2.45) is 0 Å². The third-order valence-corrected chi connectivity index (χ3v) is 1.10. The van der Waals surface area contributed by atoms with Gasteiger partial charge in [-0.25, -0.2) is 0 Å². The number of aliphatic hydroxyl groups is 1. The summed E-state index contributed by atoms with van der Waals surface area (Å²) < 4.78 is 72.3. The van der Waals surface area contributed by atoms with Gasteiger partial charge in [0.25, 0.3) is 0 Å². The highest BCUT2D eigenvalue weighted by Gasteiger charge is 2.56. The third kappa shape index (κ3) is 4.53. The van der Waals surface area contributed by atoms with E-state index in [-0.39, 0.29) is 0 Å². The van der Waals surface area contributed by atoms with Gasteiger partial charge in [-0.2, -0.15) is 26.3 Å². The Labute approximate surface area is 73.0 Å². The molecule has 1 atom stereocenters. The summed E-state index contributed by atoms with van der Waals surface area (Å²) in [7, 11) is 0. The van der Waals surface area contributed by atoms with Crippen molar-refractivity contribution in [2.45, 2.75) is 17.6 Å². The molecule has 0 aliphatic carbocycles. The summed E-state index contributed by atoms with van der Waals surface area (Å²) >= 11 is 4.13. The monoisotopic (exact) mass is 232 g/mol. The first kappa shape index (κ1) is 12.8. The van der Waals surface area contributed by atoms with Gasteiger partial charge in [0, 0.05) is 0 Å². The first-order chi connectivity index (χ1) is 5.46. The van der Waals surface area contributed by atoms with E-state index in [1.165, 1.54) is 0 Å². The molecule has 1 unspecified atom stereocenters. The zero-order valence-corrected chi connectivity index (χ0v) is 6.46. The molecule has 2 nitrogen and oxygen atoms in total. The van der Waals surface area contributed by atoms with E-state index in [0.29, 0.717) is 0 Å². The predicted octanol–water partition coefficient (Wildman–Crippen LogP) is 2.01. The molecule has 0 radical (unpaired) electrons. The normalized spacial score (nSPS) is 18.5. The van der Waals surface area contributed by atoms with Gasteiger partial charge in [-0.05, 0) is 11.6 Å². The van der Waals surface area contributed by atoms with E-state index in [0.717, 1.165) is 0 Å². The van der Waals surface area contributed by atoms with Crippen LogP contribution in [0.3, 0.4) is 0 Å². The quantitative estimate of drug-likeness (QED) is 0.596. The minimum absolute atomic E-state index is 2.33. The highest BCUT2D eigenvalue weighted by atomic mass is 35.5. The van der Waals surface area contributed by atoms with E-state index in [1.54, 1.807) is 0 Å². The van der Waals surface area contributed by atoms with Crippen molar-refractivity contribution >= 4 is 11.6 Å². The number of halogens is 7. The van der Waals surface area contributed by atoms with Gasteiger partial charge in [0.15, 0.2) is 0 Å². The van der Waals surface area contributed by atoms with E-state index in [9.17, 15) is 26.3 Å². The first-order valence-corrected chi connectivity index (χ1v) is 3.02. The predicted molar refractivity (Wildman–Crippen MR) is 28.9 cm³/mol. The summed E-state index contributed by atoms with van der Waals surface area (Å²) in [4.78, 5) is 0. The second-order valence-corrected chi connectivity index (χ2v) is 2.45. The maximum Gasteiger partial charge on any atom is 0.427 e. The Hall–Kier alpha value is -0.210. The van der Waals surface area contributed by atoms with Crippen molar-refractivity contribution in [1.82, 2.24) is 0 Å². The lowest BCUT2D eigenvalue weighted by Gasteiger charge is -2.23. The fraction of sp³-hybridized carbons (Fsp3) is 1.00. The number of hydrogen-bond donors (Lipinski definition) is 1. The summed E-state index contributed by atoms with van der Waals surface area (Å²) in [6.07, 6.45) is -10.2. The van der Waals surface area contributed by atoms with Crippen LogP contribution in [-0.2, 0) is 4.74 Å². The number of hydrogen-bond acceptors (Lipinski definition) is 2. The molecule has 1 N–H and O–H groups in total. The molecule has 0 aromatic carbocycles. The largest absolute Gasteiger partial charge is 0.427 e. The summed E-state index contributed by atoms with van der Waals surface area (Å²) in [6.45, 7) is -2.33. The highest BCUT2D eigenvalue weighted by Crippen LogP contribution is 2.36. The standard InChI is InChI=1S/C4H3ClF6O2/c5-3(9,4(10,11)12)13-1-2(6,7)8/h12H,1H2. The van der Waals surface area contributed by atoms with Crippen molar-refractivity contribution in [1.29, 1.82) is 0 Å². The minimum Gasteiger partial charge on any atom is -0.331 e. The Morgan fingerprint density at radius 2 is 1.46 bits per heavy atom. The highest BCUT2D eigenvalue weighted by molar-refractivity contribution is 6.22. The van der Waals surface area contributed by atoms with E-state index < -0.39 is 24.2 Å². The van der Waals surface area contributed by atoms with Crippen molar-refractivity contribution < 1.29 is 36.2 Å². The van der Waals surface area contributed by atoms with Crippen LogP contribution in [0, 0.1) is 0 Å². The molecule has 0 bridgehead atoms. The Bertz CT molecular complexity index is 172. The van der Waals surface area contributed by atoms with Gasteiger partial charge in [0.05, 0.1) is 0 Å². The van der Waals surface area contributed by atoms with Gasteiger partial charge in [-0.1, -0.05) is 0 Å². The molecular weight excluding hydrogens is 229 g/mol. The van der Waals surface area contributed by atoms with Crippen molar-refractivity contribution in [3.05, 3.63) is 0 Å². The maximum absolute atomic E-state index is 12.2. The van der Waals surface area contributed by atoms with Crippen LogP contribution in [0.5, 0.6) is 0 Å². The fourth-order valence-electron chi connectivity index (χ4n) is 0.259. The maximum atomic E-state index is 12.2. The molecule has 13 heavy (non-hydrogen) atoms. The molecule has 0 saturated heterocycles. The van der Waals surface area contributed by atoms with Crippen molar-refractivity contribution in [2.75, 3.05) is 6.61 Å². The molecule has 0 fully saturated rings. The molecule has 0 aromatic heterocycles. The topological polar surface area (TPSA) is 29.5 Å². The lowest BCUT2D eigenvalue weighted by molar-refractivity contribution is -0.344. The lowest BCUT2D eigenvalue weighted by Crippen LogP contribution is -2.43. The fourth-order valence-corrected chi connectivity index (χ4v) is 0.314. The van der Waals surface area contributed by atoms with E-state index in [2.05, 4.69) is 16.3 Å². The van der Waals surface area contributed by atoms with Crippen LogP contribution in [0.1, 0.15) is 0 Å². The van der Waals surface area contributed by atoms with Gasteiger partial charge in [-0.3, -0.25) is 0 Å². The molecular formula is C4H3ClF6O2. The zero-order chi connectivity index (χ0) is 10.9. The van der Waals surface area contributed by atoms with Crippen LogP contribution in [0.4, 0.5) is 26.3 Å². The van der Waals surface area contributed by atoms with E-state index >= 15 is 0 Å². The second kappa shape index (κ2) is 3.50.